The van der Waals surface area contributed by atoms with Crippen LogP contribution in [0.15, 0.2) is 6.07 Å². The maximum absolute atomic E-state index is 4.33. The molecule has 0 aliphatic heterocycles. The van der Waals surface area contributed by atoms with E-state index >= 15 is 0 Å². The second kappa shape index (κ2) is 7.47. The van der Waals surface area contributed by atoms with Gasteiger partial charge in [0, 0.05) is 6.04 Å². The summed E-state index contributed by atoms with van der Waals surface area (Å²) in [5.41, 5.74) is 3.47. The molecule has 1 N–H and O–H groups in total. The number of rotatable bonds is 7. The van der Waals surface area contributed by atoms with Crippen molar-refractivity contribution < 1.29 is 0 Å². The molecule has 1 aromatic rings. The Morgan fingerprint density at radius 2 is 1.83 bits per heavy atom. The van der Waals surface area contributed by atoms with E-state index in [4.69, 9.17) is 0 Å². The summed E-state index contributed by atoms with van der Waals surface area (Å²) in [4.78, 5) is 0. The van der Waals surface area contributed by atoms with E-state index in [-0.39, 0.29) is 0 Å². The Labute approximate surface area is 111 Å². The lowest BCUT2D eigenvalue weighted by atomic mass is 9.90. The Hall–Kier alpha value is -0.960. The molecule has 0 spiro atoms. The van der Waals surface area contributed by atoms with E-state index in [9.17, 15) is 0 Å². The third kappa shape index (κ3) is 3.77. The van der Waals surface area contributed by atoms with Crippen LogP contribution in [0.4, 0.5) is 0 Å². The van der Waals surface area contributed by atoms with Crippen molar-refractivity contribution in [3.8, 4) is 0 Å². The van der Waals surface area contributed by atoms with Gasteiger partial charge in [0.15, 0.2) is 0 Å². The third-order valence-corrected chi connectivity index (χ3v) is 3.81. The average molecular weight is 249 g/mol. The van der Waals surface area contributed by atoms with Gasteiger partial charge >= 0.3 is 0 Å². The highest BCUT2D eigenvalue weighted by atomic mass is 15.1. The van der Waals surface area contributed by atoms with Gasteiger partial charge in [-0.15, -0.1) is 0 Å². The SMILES string of the molecule is CCc1nnc(C)cc1C(CC(CC)CC)NC. The highest BCUT2D eigenvalue weighted by Gasteiger charge is 2.18. The molecule has 0 fully saturated rings. The van der Waals surface area contributed by atoms with E-state index in [0.717, 1.165) is 23.7 Å². The van der Waals surface area contributed by atoms with E-state index in [1.54, 1.807) is 0 Å². The number of hydrogen-bond acceptors (Lipinski definition) is 3. The first kappa shape index (κ1) is 15.1. The third-order valence-electron chi connectivity index (χ3n) is 3.81. The van der Waals surface area contributed by atoms with Crippen LogP contribution in [0.3, 0.4) is 0 Å². The van der Waals surface area contributed by atoms with Crippen molar-refractivity contribution in [1.82, 2.24) is 15.5 Å². The molecule has 0 radical (unpaired) electrons. The minimum absolute atomic E-state index is 0.402. The molecule has 0 amide bonds. The van der Waals surface area contributed by atoms with E-state index in [1.807, 2.05) is 14.0 Å². The number of aromatic nitrogens is 2. The number of aryl methyl sites for hydroxylation is 2. The molecule has 0 aliphatic carbocycles. The summed E-state index contributed by atoms with van der Waals surface area (Å²) in [7, 11) is 2.04. The Kier molecular flexibility index (Phi) is 6.27. The predicted molar refractivity (Wildman–Crippen MR) is 76.6 cm³/mol. The quantitative estimate of drug-likeness (QED) is 0.804. The van der Waals surface area contributed by atoms with Gasteiger partial charge in [0.05, 0.1) is 11.4 Å². The number of nitrogens with one attached hydrogen (secondary N) is 1. The van der Waals surface area contributed by atoms with Crippen LogP contribution in [0.25, 0.3) is 0 Å². The van der Waals surface area contributed by atoms with Crippen molar-refractivity contribution in [2.45, 2.75) is 59.4 Å². The lowest BCUT2D eigenvalue weighted by Crippen LogP contribution is -2.22. The zero-order valence-electron chi connectivity index (χ0n) is 12.5. The highest BCUT2D eigenvalue weighted by molar-refractivity contribution is 5.24. The van der Waals surface area contributed by atoms with Gasteiger partial charge < -0.3 is 5.32 Å². The zero-order chi connectivity index (χ0) is 13.5. The molecule has 1 rings (SSSR count). The smallest absolute Gasteiger partial charge is 0.0676 e. The van der Waals surface area contributed by atoms with Crippen molar-refractivity contribution in [2.24, 2.45) is 5.92 Å². The molecular formula is C15H27N3. The van der Waals surface area contributed by atoms with Gasteiger partial charge in [-0.2, -0.15) is 10.2 Å². The van der Waals surface area contributed by atoms with Crippen LogP contribution in [0, 0.1) is 12.8 Å². The van der Waals surface area contributed by atoms with Gasteiger partial charge in [0.1, 0.15) is 0 Å². The van der Waals surface area contributed by atoms with Gasteiger partial charge in [-0.25, -0.2) is 0 Å². The maximum Gasteiger partial charge on any atom is 0.0676 e. The van der Waals surface area contributed by atoms with Crippen molar-refractivity contribution in [3.05, 3.63) is 23.0 Å². The first-order chi connectivity index (χ1) is 8.65. The standard InChI is InChI=1S/C15H27N3/c1-6-12(7-2)10-15(16-5)13-9-11(4)17-18-14(13)8-3/h9,12,15-16H,6-8,10H2,1-5H3. The summed E-state index contributed by atoms with van der Waals surface area (Å²) in [6, 6.07) is 2.59. The van der Waals surface area contributed by atoms with E-state index in [2.05, 4.69) is 42.4 Å². The fourth-order valence-corrected chi connectivity index (χ4v) is 2.47. The summed E-state index contributed by atoms with van der Waals surface area (Å²) in [5, 5.41) is 12.0. The van der Waals surface area contributed by atoms with Crippen LogP contribution in [0.2, 0.25) is 0 Å². The van der Waals surface area contributed by atoms with Gasteiger partial charge in [-0.05, 0) is 44.4 Å². The van der Waals surface area contributed by atoms with Gasteiger partial charge in [-0.3, -0.25) is 0 Å². The fraction of sp³-hybridized carbons (Fsp3) is 0.733. The molecule has 0 saturated carbocycles. The molecule has 0 saturated heterocycles. The first-order valence-corrected chi connectivity index (χ1v) is 7.16. The molecule has 1 unspecified atom stereocenters. The van der Waals surface area contributed by atoms with Crippen molar-refractivity contribution in [3.63, 3.8) is 0 Å². The molecule has 0 bridgehead atoms. The van der Waals surface area contributed by atoms with Gasteiger partial charge in [0.25, 0.3) is 0 Å². The first-order valence-electron chi connectivity index (χ1n) is 7.16. The van der Waals surface area contributed by atoms with Crippen molar-refractivity contribution in [2.75, 3.05) is 7.05 Å². The minimum Gasteiger partial charge on any atom is -0.313 e. The summed E-state index contributed by atoms with van der Waals surface area (Å²) in [6.45, 7) is 8.71. The van der Waals surface area contributed by atoms with Crippen molar-refractivity contribution in [1.29, 1.82) is 0 Å². The van der Waals surface area contributed by atoms with Gasteiger partial charge in [-0.1, -0.05) is 33.6 Å². The van der Waals surface area contributed by atoms with E-state index < -0.39 is 0 Å². The number of hydrogen-bond donors (Lipinski definition) is 1. The Morgan fingerprint density at radius 3 is 2.33 bits per heavy atom. The van der Waals surface area contributed by atoms with Crippen LogP contribution in [0.1, 0.15) is 63.0 Å². The molecule has 3 heteroatoms. The topological polar surface area (TPSA) is 37.8 Å². The normalized spacial score (nSPS) is 13.0. The second-order valence-corrected chi connectivity index (χ2v) is 5.00. The predicted octanol–water partition coefficient (Wildman–Crippen LogP) is 3.43. The molecule has 3 nitrogen and oxygen atoms in total. The lowest BCUT2D eigenvalue weighted by Gasteiger charge is -2.23. The molecule has 18 heavy (non-hydrogen) atoms. The van der Waals surface area contributed by atoms with Crippen LogP contribution in [-0.4, -0.2) is 17.2 Å². The lowest BCUT2D eigenvalue weighted by molar-refractivity contribution is 0.383. The minimum atomic E-state index is 0.402. The summed E-state index contributed by atoms with van der Waals surface area (Å²) >= 11 is 0. The Bertz CT molecular complexity index is 359. The van der Waals surface area contributed by atoms with E-state index in [1.165, 1.54) is 24.8 Å². The molecular weight excluding hydrogens is 222 g/mol. The molecule has 0 aromatic carbocycles. The van der Waals surface area contributed by atoms with Crippen LogP contribution < -0.4 is 5.32 Å². The van der Waals surface area contributed by atoms with Crippen LogP contribution in [0.5, 0.6) is 0 Å². The molecule has 0 aliphatic rings. The second-order valence-electron chi connectivity index (χ2n) is 5.00. The average Bonchev–Trinajstić information content (AvgIpc) is 2.40. The van der Waals surface area contributed by atoms with E-state index in [0.29, 0.717) is 6.04 Å². The molecule has 102 valence electrons. The summed E-state index contributed by atoms with van der Waals surface area (Å²) < 4.78 is 0. The molecule has 1 aromatic heterocycles. The monoisotopic (exact) mass is 249 g/mol. The Morgan fingerprint density at radius 1 is 1.17 bits per heavy atom. The Balaban J connectivity index is 2.96. The van der Waals surface area contributed by atoms with Crippen LogP contribution in [-0.2, 0) is 6.42 Å². The largest absolute Gasteiger partial charge is 0.313 e. The highest BCUT2D eigenvalue weighted by Crippen LogP contribution is 2.27. The molecule has 1 atom stereocenters. The van der Waals surface area contributed by atoms with Crippen LogP contribution >= 0.6 is 0 Å². The number of nitrogens with zero attached hydrogens (tertiary/aromatic N) is 2. The zero-order valence-corrected chi connectivity index (χ0v) is 12.5. The fourth-order valence-electron chi connectivity index (χ4n) is 2.47. The summed E-state index contributed by atoms with van der Waals surface area (Å²) in [5.74, 6) is 0.778. The van der Waals surface area contributed by atoms with Gasteiger partial charge in [0.2, 0.25) is 0 Å². The summed E-state index contributed by atoms with van der Waals surface area (Å²) in [6.07, 6.45) is 4.62. The molecule has 1 heterocycles. The maximum atomic E-state index is 4.33. The van der Waals surface area contributed by atoms with Crippen molar-refractivity contribution >= 4 is 0 Å².